The number of rotatable bonds is 9. The normalized spacial score (nSPS) is 11.1. The van der Waals surface area contributed by atoms with Crippen molar-refractivity contribution in [2.24, 2.45) is 15.3 Å². The van der Waals surface area contributed by atoms with E-state index in [1.54, 1.807) is 91.0 Å². The van der Waals surface area contributed by atoms with Crippen LogP contribution in [0.5, 0.6) is 0 Å². The van der Waals surface area contributed by atoms with Gasteiger partial charge in [-0.1, -0.05) is 54.6 Å². The zero-order valence-corrected chi connectivity index (χ0v) is 20.7. The number of hydrazone groups is 3. The van der Waals surface area contributed by atoms with Gasteiger partial charge in [0.25, 0.3) is 17.7 Å². The molecule has 0 aliphatic carbocycles. The molecule has 0 aromatic heterocycles. The van der Waals surface area contributed by atoms with Crippen LogP contribution in [0.1, 0.15) is 47.8 Å². The molecule has 3 N–H and O–H groups in total. The molecule has 0 saturated heterocycles. The monoisotopic (exact) mass is 516 g/mol. The summed E-state index contributed by atoms with van der Waals surface area (Å²) in [5.41, 5.74) is 10.8. The third-order valence-electron chi connectivity index (χ3n) is 5.25. The van der Waals surface area contributed by atoms with Crippen molar-refractivity contribution in [2.75, 3.05) is 0 Å². The molecule has 192 valence electrons. The summed E-state index contributed by atoms with van der Waals surface area (Å²) >= 11 is 0. The summed E-state index contributed by atoms with van der Waals surface area (Å²) in [5.74, 6) is -1.05. The first-order valence-corrected chi connectivity index (χ1v) is 11.9. The largest absolute Gasteiger partial charge is 0.271 e. The van der Waals surface area contributed by atoms with E-state index in [-0.39, 0.29) is 17.7 Å². The van der Waals surface area contributed by atoms with Crippen molar-refractivity contribution in [3.05, 3.63) is 143 Å². The Kier molecular flexibility index (Phi) is 9.17. The number of nitrogens with zero attached hydrogens (tertiary/aromatic N) is 3. The summed E-state index contributed by atoms with van der Waals surface area (Å²) in [6, 6.07) is 31.4. The average molecular weight is 517 g/mol. The van der Waals surface area contributed by atoms with Gasteiger partial charge in [-0.2, -0.15) is 15.3 Å². The van der Waals surface area contributed by atoms with Crippen LogP contribution in [0.4, 0.5) is 0 Å². The van der Waals surface area contributed by atoms with Crippen LogP contribution in [0.3, 0.4) is 0 Å². The molecule has 0 spiro atoms. The van der Waals surface area contributed by atoms with E-state index in [0.717, 1.165) is 0 Å². The van der Waals surface area contributed by atoms with Crippen LogP contribution in [-0.2, 0) is 0 Å². The van der Waals surface area contributed by atoms with E-state index >= 15 is 0 Å². The van der Waals surface area contributed by atoms with Gasteiger partial charge in [-0.3, -0.25) is 14.4 Å². The van der Waals surface area contributed by atoms with Gasteiger partial charge in [-0.25, -0.2) is 16.3 Å². The van der Waals surface area contributed by atoms with Crippen molar-refractivity contribution >= 4 is 36.4 Å². The molecule has 0 heterocycles. The number of nitrogens with one attached hydrogen (secondary N) is 3. The molecular weight excluding hydrogens is 492 g/mol. The van der Waals surface area contributed by atoms with Crippen LogP contribution in [0.2, 0.25) is 0 Å². The molecule has 0 fully saturated rings. The third kappa shape index (κ3) is 8.16. The first kappa shape index (κ1) is 26.4. The Morgan fingerprint density at radius 3 is 0.949 bits per heavy atom. The minimum atomic E-state index is -0.349. The molecule has 9 nitrogen and oxygen atoms in total. The van der Waals surface area contributed by atoms with Crippen LogP contribution in [0.25, 0.3) is 0 Å². The Morgan fingerprint density at radius 2 is 0.692 bits per heavy atom. The third-order valence-corrected chi connectivity index (χ3v) is 5.25. The summed E-state index contributed by atoms with van der Waals surface area (Å²) < 4.78 is 0. The van der Waals surface area contributed by atoms with Crippen LogP contribution in [0, 0.1) is 0 Å². The zero-order chi connectivity index (χ0) is 27.3. The van der Waals surface area contributed by atoms with E-state index in [1.807, 2.05) is 18.2 Å². The molecule has 0 radical (unpaired) electrons. The van der Waals surface area contributed by atoms with Gasteiger partial charge in [0, 0.05) is 16.7 Å². The minimum Gasteiger partial charge on any atom is -0.267 e. The molecule has 0 atom stereocenters. The highest BCUT2D eigenvalue weighted by Gasteiger charge is 2.05. The standard InChI is InChI=1S/C30H24N6O3/c37-28(25-10-4-1-5-11-25)34-31-19-22-16-23(20-32-35-29(38)26-12-6-2-7-13-26)18-24(17-22)21-33-36-30(39)27-14-8-3-9-15-27/h1-21H,(H,34,37)(H,35,38)(H,36,39)/b31-19-,32-20-,33-21+. The number of amides is 3. The lowest BCUT2D eigenvalue weighted by molar-refractivity contribution is 0.0947. The number of carbonyl (C=O) groups excluding carboxylic acids is 3. The molecule has 4 aromatic rings. The number of hydrogen-bond acceptors (Lipinski definition) is 6. The van der Waals surface area contributed by atoms with Gasteiger partial charge in [0.15, 0.2) is 0 Å². The average Bonchev–Trinajstić information content (AvgIpc) is 2.98. The smallest absolute Gasteiger partial charge is 0.267 e. The fourth-order valence-corrected chi connectivity index (χ4v) is 3.38. The van der Waals surface area contributed by atoms with Gasteiger partial charge < -0.3 is 0 Å². The first-order valence-electron chi connectivity index (χ1n) is 11.9. The van der Waals surface area contributed by atoms with E-state index in [1.165, 1.54) is 18.6 Å². The molecule has 0 aliphatic rings. The number of benzene rings is 4. The molecule has 3 amide bonds. The minimum absolute atomic E-state index is 0.349. The Morgan fingerprint density at radius 1 is 0.436 bits per heavy atom. The van der Waals surface area contributed by atoms with Crippen molar-refractivity contribution in [2.45, 2.75) is 0 Å². The Balaban J connectivity index is 1.49. The lowest BCUT2D eigenvalue weighted by Gasteiger charge is -2.03. The lowest BCUT2D eigenvalue weighted by Crippen LogP contribution is -2.18. The first-order chi connectivity index (χ1) is 19.1. The molecule has 0 unspecified atom stereocenters. The lowest BCUT2D eigenvalue weighted by atomic mass is 10.1. The fraction of sp³-hybridized carbons (Fsp3) is 0. The quantitative estimate of drug-likeness (QED) is 0.230. The summed E-state index contributed by atoms with van der Waals surface area (Å²) in [5, 5.41) is 12.1. The zero-order valence-electron chi connectivity index (χ0n) is 20.7. The van der Waals surface area contributed by atoms with Crippen molar-refractivity contribution in [1.29, 1.82) is 0 Å². The molecule has 9 heteroatoms. The topological polar surface area (TPSA) is 124 Å². The summed E-state index contributed by atoms with van der Waals surface area (Å²) in [6.45, 7) is 0. The van der Waals surface area contributed by atoms with Crippen LogP contribution >= 0.6 is 0 Å². The molecule has 0 bridgehead atoms. The highest BCUT2D eigenvalue weighted by atomic mass is 16.2. The molecule has 4 rings (SSSR count). The summed E-state index contributed by atoms with van der Waals surface area (Å²) in [4.78, 5) is 36.8. The summed E-state index contributed by atoms with van der Waals surface area (Å²) in [7, 11) is 0. The highest BCUT2D eigenvalue weighted by Crippen LogP contribution is 2.07. The summed E-state index contributed by atoms with van der Waals surface area (Å²) in [6.07, 6.45) is 4.42. The van der Waals surface area contributed by atoms with E-state index in [0.29, 0.717) is 33.4 Å². The molecule has 4 aromatic carbocycles. The van der Waals surface area contributed by atoms with Gasteiger partial charge in [-0.05, 0) is 71.3 Å². The van der Waals surface area contributed by atoms with E-state index in [9.17, 15) is 14.4 Å². The van der Waals surface area contributed by atoms with Gasteiger partial charge >= 0.3 is 0 Å². The number of hydrogen-bond donors (Lipinski definition) is 3. The van der Waals surface area contributed by atoms with Crippen molar-refractivity contribution < 1.29 is 14.4 Å². The fourth-order valence-electron chi connectivity index (χ4n) is 3.38. The molecule has 0 saturated carbocycles. The van der Waals surface area contributed by atoms with Gasteiger partial charge in [0.2, 0.25) is 0 Å². The second-order valence-electron chi connectivity index (χ2n) is 8.13. The maximum Gasteiger partial charge on any atom is 0.271 e. The predicted octanol–water partition coefficient (Wildman–Crippen LogP) is 3.98. The Labute approximate surface area is 225 Å². The van der Waals surface area contributed by atoms with E-state index in [4.69, 9.17) is 0 Å². The van der Waals surface area contributed by atoms with Crippen LogP contribution in [0.15, 0.2) is 124 Å². The predicted molar refractivity (Wildman–Crippen MR) is 151 cm³/mol. The van der Waals surface area contributed by atoms with E-state index in [2.05, 4.69) is 31.6 Å². The molecular formula is C30H24N6O3. The van der Waals surface area contributed by atoms with Gasteiger partial charge in [-0.15, -0.1) is 0 Å². The highest BCUT2D eigenvalue weighted by molar-refractivity contribution is 5.97. The Hall–Kier alpha value is -5.70. The maximum absolute atomic E-state index is 12.3. The Bertz CT molecular complexity index is 1320. The second kappa shape index (κ2) is 13.6. The van der Waals surface area contributed by atoms with Crippen molar-refractivity contribution in [1.82, 2.24) is 16.3 Å². The molecule has 39 heavy (non-hydrogen) atoms. The molecule has 0 aliphatic heterocycles. The van der Waals surface area contributed by atoms with Crippen molar-refractivity contribution in [3.63, 3.8) is 0 Å². The van der Waals surface area contributed by atoms with E-state index < -0.39 is 0 Å². The van der Waals surface area contributed by atoms with Gasteiger partial charge in [0.1, 0.15) is 0 Å². The van der Waals surface area contributed by atoms with Crippen molar-refractivity contribution in [3.8, 4) is 0 Å². The van der Waals surface area contributed by atoms with Crippen LogP contribution in [-0.4, -0.2) is 36.4 Å². The SMILES string of the molecule is O=C(N/N=C\c1cc(/C=N\NC(=O)c2ccccc2)cc(/C=N/NC(=O)c2ccccc2)c1)c1ccccc1. The maximum atomic E-state index is 12.3. The second-order valence-corrected chi connectivity index (χ2v) is 8.13. The van der Waals surface area contributed by atoms with Crippen LogP contribution < -0.4 is 16.3 Å². The number of carbonyl (C=O) groups is 3. The van der Waals surface area contributed by atoms with Gasteiger partial charge in [0.05, 0.1) is 18.6 Å².